The molecule has 3 aliphatic carbocycles. The molecule has 216 valence electrons. The Morgan fingerprint density at radius 1 is 1.05 bits per heavy atom. The second-order valence-electron chi connectivity index (χ2n) is 11.9. The van der Waals surface area contributed by atoms with E-state index in [4.69, 9.17) is 32.5 Å². The lowest BCUT2D eigenvalue weighted by Gasteiger charge is -2.47. The summed E-state index contributed by atoms with van der Waals surface area (Å²) in [6, 6.07) is 11.7. The van der Waals surface area contributed by atoms with Crippen LogP contribution < -0.4 is 4.65 Å². The zero-order valence-corrected chi connectivity index (χ0v) is 24.6. The lowest BCUT2D eigenvalue weighted by molar-refractivity contribution is -0.00310. The van der Waals surface area contributed by atoms with Crippen LogP contribution in [0.5, 0.6) is 0 Å². The molecule has 0 amide bonds. The van der Waals surface area contributed by atoms with Crippen LogP contribution in [-0.2, 0) is 21.2 Å². The minimum absolute atomic E-state index is 0.0646. The number of carbonyl (C=O) groups excluding carboxylic acids is 1. The fraction of sp³-hybridized carbons (Fsp3) is 0.467. The zero-order valence-electron chi connectivity index (χ0n) is 22.3. The van der Waals surface area contributed by atoms with Gasteiger partial charge in [0.05, 0.1) is 40.6 Å². The molecule has 1 unspecified atom stereocenters. The van der Waals surface area contributed by atoms with Crippen LogP contribution in [0.15, 0.2) is 47.0 Å². The Kier molecular flexibility index (Phi) is 6.84. The molecule has 1 aromatic heterocycles. The first-order valence-corrected chi connectivity index (χ1v) is 16.6. The van der Waals surface area contributed by atoms with Crippen molar-refractivity contribution in [3.8, 4) is 11.3 Å². The van der Waals surface area contributed by atoms with Crippen LogP contribution in [0, 0.1) is 11.1 Å². The van der Waals surface area contributed by atoms with Crippen LogP contribution in [0.4, 0.5) is 5.69 Å². The Balaban J connectivity index is 1.03. The predicted octanol–water partition coefficient (Wildman–Crippen LogP) is 6.47. The highest BCUT2D eigenvalue weighted by atomic mass is 35.5. The average molecular weight is 618 g/mol. The summed E-state index contributed by atoms with van der Waals surface area (Å²) in [5.41, 5.74) is 3.03. The van der Waals surface area contributed by atoms with Gasteiger partial charge in [-0.1, -0.05) is 34.4 Å². The number of quaternary nitrogens is 1. The zero-order chi connectivity index (χ0) is 28.5. The molecule has 4 atom stereocenters. The van der Waals surface area contributed by atoms with Gasteiger partial charge in [-0.3, -0.25) is 4.79 Å². The number of hydroxylamine groups is 2. The number of halogens is 2. The fourth-order valence-electron chi connectivity index (χ4n) is 6.56. The van der Waals surface area contributed by atoms with Gasteiger partial charge in [-0.2, -0.15) is 0 Å². The van der Waals surface area contributed by atoms with E-state index in [-0.39, 0.29) is 23.3 Å². The van der Waals surface area contributed by atoms with Crippen LogP contribution in [0.25, 0.3) is 11.3 Å². The van der Waals surface area contributed by atoms with E-state index in [1.54, 1.807) is 42.5 Å². The van der Waals surface area contributed by atoms with Gasteiger partial charge in [0.1, 0.15) is 22.9 Å². The van der Waals surface area contributed by atoms with Gasteiger partial charge < -0.3 is 19.1 Å². The first kappa shape index (κ1) is 27.6. The number of nitrogens with zero attached hydrogens (tertiary/aromatic N) is 2. The number of hydrogen-bond acceptors (Lipinski definition) is 7. The van der Waals surface area contributed by atoms with E-state index in [0.29, 0.717) is 70.9 Å². The van der Waals surface area contributed by atoms with E-state index < -0.39 is 26.0 Å². The highest BCUT2D eigenvalue weighted by Crippen LogP contribution is 2.49. The molecule has 3 aromatic rings. The maximum Gasteiger partial charge on any atom is 0.177 e. The minimum Gasteiger partial charge on any atom is -0.627 e. The van der Waals surface area contributed by atoms with Gasteiger partial charge in [0.15, 0.2) is 15.6 Å². The first-order valence-electron chi connectivity index (χ1n) is 14.1. The van der Waals surface area contributed by atoms with Crippen molar-refractivity contribution in [2.45, 2.75) is 68.4 Å². The molecular weight excluding hydrogens is 587 g/mol. The third-order valence-electron chi connectivity index (χ3n) is 9.10. The van der Waals surface area contributed by atoms with Gasteiger partial charge in [-0.15, -0.1) is 0 Å². The summed E-state index contributed by atoms with van der Waals surface area (Å²) in [6.45, 7) is 0.695. The fourth-order valence-corrected chi connectivity index (χ4v) is 8.76. The van der Waals surface area contributed by atoms with Gasteiger partial charge in [0, 0.05) is 53.5 Å². The first-order chi connectivity index (χ1) is 19.6. The minimum atomic E-state index is -3.39. The second-order valence-corrected chi connectivity index (χ2v) is 15.0. The summed E-state index contributed by atoms with van der Waals surface area (Å²) in [6.07, 6.45) is 4.68. The van der Waals surface area contributed by atoms with Crippen molar-refractivity contribution in [2.24, 2.45) is 5.92 Å². The maximum atomic E-state index is 14.0. The highest BCUT2D eigenvalue weighted by Gasteiger charge is 2.53. The molecular formula is C30H30Cl2N2O6S. The highest BCUT2D eigenvalue weighted by molar-refractivity contribution is 7.93. The van der Waals surface area contributed by atoms with E-state index in [2.05, 4.69) is 5.16 Å². The summed E-state index contributed by atoms with van der Waals surface area (Å²) in [5.74, 6) is 0.350. The number of benzene rings is 2. The van der Waals surface area contributed by atoms with Gasteiger partial charge in [0.25, 0.3) is 0 Å². The van der Waals surface area contributed by atoms with E-state index >= 15 is 0 Å². The molecule has 0 radical (unpaired) electrons. The monoisotopic (exact) mass is 616 g/mol. The Labute approximate surface area is 248 Å². The van der Waals surface area contributed by atoms with Crippen molar-refractivity contribution in [1.82, 2.24) is 9.80 Å². The van der Waals surface area contributed by atoms with Gasteiger partial charge >= 0.3 is 0 Å². The Morgan fingerprint density at radius 3 is 2.37 bits per heavy atom. The summed E-state index contributed by atoms with van der Waals surface area (Å²) >= 11 is 13.0. The summed E-state index contributed by atoms with van der Waals surface area (Å²) in [4.78, 5) is 12.6. The van der Waals surface area contributed by atoms with Crippen LogP contribution in [0.3, 0.4) is 0 Å². The van der Waals surface area contributed by atoms with Gasteiger partial charge in [-0.25, -0.2) is 8.42 Å². The Hall–Kier alpha value is -2.27. The molecule has 4 fully saturated rings. The van der Waals surface area contributed by atoms with Crippen molar-refractivity contribution in [3.05, 3.63) is 74.6 Å². The largest absolute Gasteiger partial charge is 0.627 e. The number of ether oxygens (including phenoxy) is 1. The number of rotatable bonds is 10. The molecule has 4 aliphatic rings. The molecule has 2 heterocycles. The maximum absolute atomic E-state index is 14.0. The predicted molar refractivity (Wildman–Crippen MR) is 157 cm³/mol. The van der Waals surface area contributed by atoms with E-state index in [9.17, 15) is 18.4 Å². The Morgan fingerprint density at radius 2 is 1.76 bits per heavy atom. The molecule has 3 saturated carbocycles. The SMILES string of the molecule is O=C(CS(=O)(=O)C1CC1)c1ccc([N+]2([O-])C[C@@H]3C[C@H]2C[C@H]3OCc2c(-c3c(Cl)cccc3Cl)noc2C2CC2)cc1. The number of sulfone groups is 1. The number of hydrogen-bond donors (Lipinski definition) is 0. The molecule has 2 aromatic carbocycles. The topological polar surface area (TPSA) is 110 Å². The van der Waals surface area contributed by atoms with Crippen molar-refractivity contribution in [2.75, 3.05) is 12.3 Å². The van der Waals surface area contributed by atoms with E-state index in [0.717, 1.165) is 30.6 Å². The third kappa shape index (κ3) is 5.04. The van der Waals surface area contributed by atoms with Crippen LogP contribution in [-0.4, -0.2) is 49.1 Å². The molecule has 0 spiro atoms. The van der Waals surface area contributed by atoms with Crippen molar-refractivity contribution in [1.29, 1.82) is 0 Å². The molecule has 0 N–H and O–H groups in total. The summed E-state index contributed by atoms with van der Waals surface area (Å²) < 4.78 is 36.2. The van der Waals surface area contributed by atoms with E-state index in [1.807, 2.05) is 0 Å². The van der Waals surface area contributed by atoms with Gasteiger partial charge in [-0.05, 0) is 49.9 Å². The smallest absolute Gasteiger partial charge is 0.177 e. The van der Waals surface area contributed by atoms with Crippen LogP contribution >= 0.6 is 23.2 Å². The lowest BCUT2D eigenvalue weighted by Crippen LogP contribution is -2.52. The number of fused-ring (bicyclic) bond motifs is 2. The number of ketones is 1. The molecule has 1 aliphatic heterocycles. The molecule has 1 saturated heterocycles. The Bertz CT molecular complexity index is 1600. The molecule has 11 heteroatoms. The second kappa shape index (κ2) is 10.2. The summed E-state index contributed by atoms with van der Waals surface area (Å²) in [5, 5.41) is 19.0. The number of Topliss-reactive ketones (excluding diaryl/α,β-unsaturated/α-hetero) is 1. The normalized spacial score (nSPS) is 27.4. The quantitative estimate of drug-likeness (QED) is 0.146. The van der Waals surface area contributed by atoms with Crippen molar-refractivity contribution < 1.29 is 22.5 Å². The van der Waals surface area contributed by atoms with Gasteiger partial charge in [0.2, 0.25) is 0 Å². The summed E-state index contributed by atoms with van der Waals surface area (Å²) in [7, 11) is -3.39. The number of piperidine rings is 1. The number of carbonyl (C=O) groups is 1. The molecule has 2 bridgehead atoms. The number of aromatic nitrogens is 1. The van der Waals surface area contributed by atoms with E-state index in [1.165, 1.54) is 0 Å². The van der Waals surface area contributed by atoms with Crippen LogP contribution in [0.2, 0.25) is 10.0 Å². The van der Waals surface area contributed by atoms with Crippen LogP contribution in [0.1, 0.15) is 66.1 Å². The van der Waals surface area contributed by atoms with Crippen molar-refractivity contribution >= 4 is 44.5 Å². The third-order valence-corrected chi connectivity index (χ3v) is 11.9. The average Bonchev–Trinajstić information content (AvgIpc) is 3.87. The standard InChI is InChI=1S/C30H30Cl2N2O6S/c31-24-2-1-3-25(32)28(24)29-23(30(40-33-29)18-4-5-18)15-39-27-13-21-12-19(27)14-34(21,36)20-8-6-17(7-9-20)26(35)16-41(37,38)22-10-11-22/h1-3,6-9,18-19,21-22,27H,4-5,10-16H2/t19-,21-,27+,34?/m0/s1. The molecule has 7 rings (SSSR count). The van der Waals surface area contributed by atoms with Crippen molar-refractivity contribution in [3.63, 3.8) is 0 Å². The molecule has 41 heavy (non-hydrogen) atoms. The molecule has 8 nitrogen and oxygen atoms in total. The lowest BCUT2D eigenvalue weighted by atomic mass is 10.0.